The standard InChI is InChI=1S/C19H20FNO2/c1-14-13-23-18(11-15-7-9-17(20)10-8-15)19(22)21(14)12-16-5-3-2-4-6-16/h2-10,14,18H,11-13H2,1H3/t14-,18?/m0/s1. The van der Waals surface area contributed by atoms with Gasteiger partial charge in [-0.3, -0.25) is 4.79 Å². The van der Waals surface area contributed by atoms with Crippen LogP contribution in [0.2, 0.25) is 0 Å². The van der Waals surface area contributed by atoms with Crippen molar-refractivity contribution < 1.29 is 13.9 Å². The molecule has 1 saturated heterocycles. The zero-order valence-electron chi connectivity index (χ0n) is 13.1. The molecule has 3 rings (SSSR count). The zero-order chi connectivity index (χ0) is 16.2. The molecule has 1 fully saturated rings. The van der Waals surface area contributed by atoms with Gasteiger partial charge in [-0.05, 0) is 30.2 Å². The summed E-state index contributed by atoms with van der Waals surface area (Å²) < 4.78 is 18.7. The first-order chi connectivity index (χ1) is 11.1. The van der Waals surface area contributed by atoms with E-state index in [0.29, 0.717) is 19.6 Å². The van der Waals surface area contributed by atoms with Crippen molar-refractivity contribution in [1.29, 1.82) is 0 Å². The fourth-order valence-electron chi connectivity index (χ4n) is 2.81. The lowest BCUT2D eigenvalue weighted by atomic mass is 10.0. The molecule has 0 aliphatic carbocycles. The Labute approximate surface area is 135 Å². The molecule has 3 nitrogen and oxygen atoms in total. The van der Waals surface area contributed by atoms with Gasteiger partial charge < -0.3 is 9.64 Å². The van der Waals surface area contributed by atoms with E-state index in [1.165, 1.54) is 12.1 Å². The number of nitrogens with zero attached hydrogens (tertiary/aromatic N) is 1. The highest BCUT2D eigenvalue weighted by molar-refractivity contribution is 5.82. The molecule has 2 aromatic carbocycles. The Hall–Kier alpha value is -2.20. The Morgan fingerprint density at radius 1 is 1.09 bits per heavy atom. The number of carbonyl (C=O) groups excluding carboxylic acids is 1. The lowest BCUT2D eigenvalue weighted by Gasteiger charge is -2.37. The maximum atomic E-state index is 13.0. The largest absolute Gasteiger partial charge is 0.366 e. The fourth-order valence-corrected chi connectivity index (χ4v) is 2.81. The quantitative estimate of drug-likeness (QED) is 0.867. The van der Waals surface area contributed by atoms with E-state index in [2.05, 4.69) is 0 Å². The normalized spacial score (nSPS) is 21.5. The number of halogens is 1. The van der Waals surface area contributed by atoms with E-state index >= 15 is 0 Å². The number of rotatable bonds is 4. The van der Waals surface area contributed by atoms with Crippen LogP contribution in [0.5, 0.6) is 0 Å². The third-order valence-corrected chi connectivity index (χ3v) is 4.16. The van der Waals surface area contributed by atoms with Crippen molar-refractivity contribution in [2.24, 2.45) is 0 Å². The summed E-state index contributed by atoms with van der Waals surface area (Å²) in [6.45, 7) is 3.10. The molecular formula is C19H20FNO2. The summed E-state index contributed by atoms with van der Waals surface area (Å²) in [6, 6.07) is 16.2. The molecule has 1 aliphatic heterocycles. The van der Waals surface area contributed by atoms with Crippen LogP contribution in [0, 0.1) is 5.82 Å². The Balaban J connectivity index is 1.71. The van der Waals surface area contributed by atoms with Crippen LogP contribution < -0.4 is 0 Å². The highest BCUT2D eigenvalue weighted by Crippen LogP contribution is 2.20. The summed E-state index contributed by atoms with van der Waals surface area (Å²) in [4.78, 5) is 14.6. The molecule has 0 N–H and O–H groups in total. The smallest absolute Gasteiger partial charge is 0.252 e. The Bertz CT molecular complexity index is 657. The second-order valence-corrected chi connectivity index (χ2v) is 5.95. The molecule has 0 spiro atoms. The van der Waals surface area contributed by atoms with E-state index in [4.69, 9.17) is 4.74 Å². The molecule has 23 heavy (non-hydrogen) atoms. The first-order valence-electron chi connectivity index (χ1n) is 7.84. The summed E-state index contributed by atoms with van der Waals surface area (Å²) >= 11 is 0. The lowest BCUT2D eigenvalue weighted by Crippen LogP contribution is -2.52. The minimum absolute atomic E-state index is 0.00284. The van der Waals surface area contributed by atoms with Crippen molar-refractivity contribution in [1.82, 2.24) is 4.90 Å². The number of carbonyl (C=O) groups is 1. The molecule has 2 atom stereocenters. The third kappa shape index (κ3) is 3.77. The van der Waals surface area contributed by atoms with Crippen LogP contribution in [-0.2, 0) is 22.5 Å². The first kappa shape index (κ1) is 15.7. The molecule has 0 radical (unpaired) electrons. The highest BCUT2D eigenvalue weighted by atomic mass is 19.1. The number of benzene rings is 2. The number of morpholine rings is 1. The molecule has 1 heterocycles. The van der Waals surface area contributed by atoms with Gasteiger partial charge in [-0.25, -0.2) is 4.39 Å². The first-order valence-corrected chi connectivity index (χ1v) is 7.84. The summed E-state index contributed by atoms with van der Waals surface area (Å²) in [5, 5.41) is 0. The molecule has 120 valence electrons. The van der Waals surface area contributed by atoms with Crippen molar-refractivity contribution >= 4 is 5.91 Å². The maximum absolute atomic E-state index is 13.0. The number of amides is 1. The topological polar surface area (TPSA) is 29.5 Å². The van der Waals surface area contributed by atoms with E-state index in [9.17, 15) is 9.18 Å². The third-order valence-electron chi connectivity index (χ3n) is 4.16. The van der Waals surface area contributed by atoms with Crippen LogP contribution in [0.25, 0.3) is 0 Å². The fraction of sp³-hybridized carbons (Fsp3) is 0.316. The molecule has 2 aromatic rings. The Morgan fingerprint density at radius 3 is 2.48 bits per heavy atom. The predicted molar refractivity (Wildman–Crippen MR) is 86.3 cm³/mol. The van der Waals surface area contributed by atoms with E-state index < -0.39 is 6.10 Å². The Kier molecular flexibility index (Phi) is 4.72. The SMILES string of the molecule is C[C@H]1COC(Cc2ccc(F)cc2)C(=O)N1Cc1ccccc1. The molecule has 0 saturated carbocycles. The summed E-state index contributed by atoms with van der Waals surface area (Å²) in [7, 11) is 0. The molecule has 1 unspecified atom stereocenters. The van der Waals surface area contributed by atoms with Gasteiger partial charge in [0.15, 0.2) is 0 Å². The summed E-state index contributed by atoms with van der Waals surface area (Å²) in [6.07, 6.45) is -0.0303. The van der Waals surface area contributed by atoms with Gasteiger partial charge in [0, 0.05) is 13.0 Å². The van der Waals surface area contributed by atoms with Gasteiger partial charge in [-0.15, -0.1) is 0 Å². The van der Waals surface area contributed by atoms with Crippen LogP contribution in [0.3, 0.4) is 0 Å². The summed E-state index contributed by atoms with van der Waals surface area (Å²) in [5.74, 6) is -0.277. The maximum Gasteiger partial charge on any atom is 0.252 e. The molecule has 4 heteroatoms. The van der Waals surface area contributed by atoms with Gasteiger partial charge in [-0.1, -0.05) is 42.5 Å². The molecule has 1 amide bonds. The van der Waals surface area contributed by atoms with Gasteiger partial charge in [0.2, 0.25) is 0 Å². The summed E-state index contributed by atoms with van der Waals surface area (Å²) in [5.41, 5.74) is 2.01. The molecular weight excluding hydrogens is 293 g/mol. The molecule has 0 aromatic heterocycles. The van der Waals surface area contributed by atoms with Gasteiger partial charge >= 0.3 is 0 Å². The number of hydrogen-bond donors (Lipinski definition) is 0. The van der Waals surface area contributed by atoms with Crippen LogP contribution in [0.4, 0.5) is 4.39 Å². The van der Waals surface area contributed by atoms with Gasteiger partial charge in [-0.2, -0.15) is 0 Å². The van der Waals surface area contributed by atoms with Crippen molar-refractivity contribution in [2.45, 2.75) is 32.0 Å². The lowest BCUT2D eigenvalue weighted by molar-refractivity contribution is -0.159. The van der Waals surface area contributed by atoms with Crippen molar-refractivity contribution in [3.05, 3.63) is 71.5 Å². The average molecular weight is 313 g/mol. The van der Waals surface area contributed by atoms with Gasteiger partial charge in [0.05, 0.1) is 12.6 Å². The predicted octanol–water partition coefficient (Wildman–Crippen LogP) is 3.18. The monoisotopic (exact) mass is 313 g/mol. The Morgan fingerprint density at radius 2 is 1.78 bits per heavy atom. The number of ether oxygens (including phenoxy) is 1. The number of hydrogen-bond acceptors (Lipinski definition) is 2. The second-order valence-electron chi connectivity index (χ2n) is 5.95. The van der Waals surface area contributed by atoms with Crippen LogP contribution in [0.15, 0.2) is 54.6 Å². The van der Waals surface area contributed by atoms with Crippen LogP contribution in [0.1, 0.15) is 18.1 Å². The van der Waals surface area contributed by atoms with Crippen LogP contribution in [-0.4, -0.2) is 29.6 Å². The molecule has 1 aliphatic rings. The van der Waals surface area contributed by atoms with E-state index in [1.54, 1.807) is 12.1 Å². The van der Waals surface area contributed by atoms with Crippen molar-refractivity contribution in [2.75, 3.05) is 6.61 Å². The highest BCUT2D eigenvalue weighted by Gasteiger charge is 2.33. The average Bonchev–Trinajstić information content (AvgIpc) is 2.57. The van der Waals surface area contributed by atoms with Crippen molar-refractivity contribution in [3.63, 3.8) is 0 Å². The van der Waals surface area contributed by atoms with E-state index in [-0.39, 0.29) is 17.8 Å². The van der Waals surface area contributed by atoms with Gasteiger partial charge in [0.25, 0.3) is 5.91 Å². The molecule has 0 bridgehead atoms. The minimum Gasteiger partial charge on any atom is -0.366 e. The van der Waals surface area contributed by atoms with E-state index in [0.717, 1.165) is 11.1 Å². The van der Waals surface area contributed by atoms with Crippen LogP contribution >= 0.6 is 0 Å². The second kappa shape index (κ2) is 6.92. The zero-order valence-corrected chi connectivity index (χ0v) is 13.1. The van der Waals surface area contributed by atoms with Gasteiger partial charge in [0.1, 0.15) is 11.9 Å². The minimum atomic E-state index is -0.500. The van der Waals surface area contributed by atoms with Crippen molar-refractivity contribution in [3.8, 4) is 0 Å². The van der Waals surface area contributed by atoms with E-state index in [1.807, 2.05) is 42.2 Å².